The van der Waals surface area contributed by atoms with Crippen molar-refractivity contribution < 1.29 is 13.9 Å². The number of hydrogen-bond donors (Lipinski definition) is 0. The molecule has 3 aromatic rings. The molecule has 0 fully saturated rings. The van der Waals surface area contributed by atoms with Gasteiger partial charge in [-0.1, -0.05) is 18.2 Å². The predicted octanol–water partition coefficient (Wildman–Crippen LogP) is 3.05. The Bertz CT molecular complexity index is 882. The van der Waals surface area contributed by atoms with Gasteiger partial charge in [0.05, 0.1) is 17.4 Å². The summed E-state index contributed by atoms with van der Waals surface area (Å²) >= 11 is 0. The highest BCUT2D eigenvalue weighted by Crippen LogP contribution is 2.32. The van der Waals surface area contributed by atoms with E-state index in [1.165, 1.54) is 12.4 Å². The fourth-order valence-corrected chi connectivity index (χ4v) is 2.89. The molecule has 0 spiro atoms. The van der Waals surface area contributed by atoms with Crippen molar-refractivity contribution in [1.29, 1.82) is 0 Å². The summed E-state index contributed by atoms with van der Waals surface area (Å²) in [5.74, 6) is 1.68. The van der Waals surface area contributed by atoms with E-state index in [4.69, 9.17) is 9.47 Å². The topological polar surface area (TPSA) is 47.5 Å². The van der Waals surface area contributed by atoms with Crippen molar-refractivity contribution in [3.8, 4) is 11.5 Å². The number of ether oxygens (including phenoxy) is 2. The van der Waals surface area contributed by atoms with Crippen LogP contribution in [0.2, 0.25) is 0 Å². The van der Waals surface area contributed by atoms with E-state index in [0.29, 0.717) is 29.9 Å². The SMILES string of the molecule is CN(CC1COc2ccccc2O1)c1ncnc2cccc(F)c12. The molecule has 0 amide bonds. The lowest BCUT2D eigenvalue weighted by Crippen LogP contribution is -2.39. The molecule has 1 unspecified atom stereocenters. The normalized spacial score (nSPS) is 16.2. The predicted molar refractivity (Wildman–Crippen MR) is 89.1 cm³/mol. The van der Waals surface area contributed by atoms with Gasteiger partial charge in [-0.2, -0.15) is 0 Å². The molecule has 0 radical (unpaired) electrons. The molecule has 122 valence electrons. The van der Waals surface area contributed by atoms with Crippen molar-refractivity contribution >= 4 is 16.7 Å². The minimum absolute atomic E-state index is 0.165. The number of anilines is 1. The van der Waals surface area contributed by atoms with E-state index in [-0.39, 0.29) is 11.9 Å². The zero-order valence-corrected chi connectivity index (χ0v) is 13.1. The molecule has 2 heterocycles. The first kappa shape index (κ1) is 14.7. The molecule has 1 aromatic heterocycles. The molecular weight excluding hydrogens is 309 g/mol. The van der Waals surface area contributed by atoms with Gasteiger partial charge in [0.2, 0.25) is 0 Å². The summed E-state index contributed by atoms with van der Waals surface area (Å²) in [7, 11) is 1.86. The third-order valence-corrected chi connectivity index (χ3v) is 4.00. The van der Waals surface area contributed by atoms with Gasteiger partial charge in [-0.15, -0.1) is 0 Å². The van der Waals surface area contributed by atoms with Gasteiger partial charge in [0.25, 0.3) is 0 Å². The van der Waals surface area contributed by atoms with E-state index in [1.807, 2.05) is 36.2 Å². The summed E-state index contributed by atoms with van der Waals surface area (Å²) in [4.78, 5) is 10.3. The molecule has 24 heavy (non-hydrogen) atoms. The molecule has 4 rings (SSSR count). The number of hydrogen-bond acceptors (Lipinski definition) is 5. The third kappa shape index (κ3) is 2.60. The fraction of sp³-hybridized carbons (Fsp3) is 0.222. The molecule has 0 bridgehead atoms. The van der Waals surface area contributed by atoms with E-state index in [2.05, 4.69) is 9.97 Å². The van der Waals surface area contributed by atoms with Crippen LogP contribution in [0.15, 0.2) is 48.8 Å². The van der Waals surface area contributed by atoms with E-state index in [1.54, 1.807) is 12.1 Å². The molecule has 6 heteroatoms. The van der Waals surface area contributed by atoms with Gasteiger partial charge in [0.1, 0.15) is 24.6 Å². The van der Waals surface area contributed by atoms with Gasteiger partial charge in [-0.25, -0.2) is 14.4 Å². The Morgan fingerprint density at radius 2 is 1.96 bits per heavy atom. The summed E-state index contributed by atoms with van der Waals surface area (Å²) in [6, 6.07) is 12.4. The maximum Gasteiger partial charge on any atom is 0.161 e. The standard InChI is InChI=1S/C18H16FN3O2/c1-22(9-12-10-23-15-7-2-3-8-16(15)24-12)18-17-13(19)5-4-6-14(17)20-11-21-18/h2-8,11-12H,9-10H2,1H3. The second kappa shape index (κ2) is 5.96. The van der Waals surface area contributed by atoms with Crippen LogP contribution >= 0.6 is 0 Å². The fourth-order valence-electron chi connectivity index (χ4n) is 2.89. The Balaban J connectivity index is 1.59. The van der Waals surface area contributed by atoms with E-state index >= 15 is 0 Å². The van der Waals surface area contributed by atoms with E-state index in [0.717, 1.165) is 11.5 Å². The summed E-state index contributed by atoms with van der Waals surface area (Å²) in [5.41, 5.74) is 0.581. The van der Waals surface area contributed by atoms with Crippen LogP contribution in [-0.4, -0.2) is 36.3 Å². The molecule has 1 aliphatic rings. The minimum Gasteiger partial charge on any atom is -0.486 e. The summed E-state index contributed by atoms with van der Waals surface area (Å²) in [6.07, 6.45) is 1.28. The highest BCUT2D eigenvalue weighted by Gasteiger charge is 2.23. The van der Waals surface area contributed by atoms with Crippen LogP contribution in [0.5, 0.6) is 11.5 Å². The van der Waals surface area contributed by atoms with Crippen molar-refractivity contribution in [2.75, 3.05) is 25.1 Å². The lowest BCUT2D eigenvalue weighted by Gasteiger charge is -2.30. The Morgan fingerprint density at radius 1 is 1.12 bits per heavy atom. The lowest BCUT2D eigenvalue weighted by atomic mass is 10.2. The number of rotatable bonds is 3. The van der Waals surface area contributed by atoms with Crippen LogP contribution in [-0.2, 0) is 0 Å². The molecule has 2 aromatic carbocycles. The Morgan fingerprint density at radius 3 is 2.83 bits per heavy atom. The second-order valence-electron chi connectivity index (χ2n) is 5.71. The molecule has 1 atom stereocenters. The molecule has 0 aliphatic carbocycles. The average Bonchev–Trinajstić information content (AvgIpc) is 2.61. The maximum absolute atomic E-state index is 14.2. The summed E-state index contributed by atoms with van der Waals surface area (Å²) in [6.45, 7) is 0.960. The minimum atomic E-state index is -0.332. The van der Waals surface area contributed by atoms with Crippen molar-refractivity contribution in [2.45, 2.75) is 6.10 Å². The van der Waals surface area contributed by atoms with Crippen LogP contribution in [0, 0.1) is 5.82 Å². The molecule has 0 saturated carbocycles. The first-order valence-electron chi connectivity index (χ1n) is 7.71. The maximum atomic E-state index is 14.2. The van der Waals surface area contributed by atoms with Gasteiger partial charge in [0, 0.05) is 7.05 Å². The Kier molecular flexibility index (Phi) is 3.65. The van der Waals surface area contributed by atoms with Crippen LogP contribution in [0.1, 0.15) is 0 Å². The zero-order valence-electron chi connectivity index (χ0n) is 13.1. The van der Waals surface area contributed by atoms with Gasteiger partial charge in [-0.3, -0.25) is 0 Å². The van der Waals surface area contributed by atoms with Crippen molar-refractivity contribution in [3.63, 3.8) is 0 Å². The molecule has 0 saturated heterocycles. The highest BCUT2D eigenvalue weighted by molar-refractivity contribution is 5.89. The van der Waals surface area contributed by atoms with Crippen molar-refractivity contribution in [1.82, 2.24) is 9.97 Å². The average molecular weight is 325 g/mol. The number of halogens is 1. The number of aromatic nitrogens is 2. The van der Waals surface area contributed by atoms with E-state index < -0.39 is 0 Å². The number of benzene rings is 2. The lowest BCUT2D eigenvalue weighted by molar-refractivity contribution is 0.0960. The van der Waals surface area contributed by atoms with Crippen LogP contribution in [0.25, 0.3) is 10.9 Å². The molecular formula is C18H16FN3O2. The Labute approximate surface area is 138 Å². The highest BCUT2D eigenvalue weighted by atomic mass is 19.1. The van der Waals surface area contributed by atoms with Gasteiger partial charge in [0.15, 0.2) is 17.6 Å². The van der Waals surface area contributed by atoms with Gasteiger partial charge < -0.3 is 14.4 Å². The first-order valence-corrected chi connectivity index (χ1v) is 7.71. The van der Waals surface area contributed by atoms with Gasteiger partial charge in [-0.05, 0) is 24.3 Å². The monoisotopic (exact) mass is 325 g/mol. The van der Waals surface area contributed by atoms with Crippen molar-refractivity contribution in [3.05, 3.63) is 54.6 Å². The van der Waals surface area contributed by atoms with Crippen LogP contribution in [0.4, 0.5) is 10.2 Å². The van der Waals surface area contributed by atoms with Crippen LogP contribution in [0.3, 0.4) is 0 Å². The first-order chi connectivity index (χ1) is 11.7. The number of para-hydroxylation sites is 2. The van der Waals surface area contributed by atoms with E-state index in [9.17, 15) is 4.39 Å². The number of fused-ring (bicyclic) bond motifs is 2. The number of likely N-dealkylation sites (N-methyl/N-ethyl adjacent to an activating group) is 1. The second-order valence-corrected chi connectivity index (χ2v) is 5.71. The summed E-state index contributed by atoms with van der Waals surface area (Å²) in [5, 5.41) is 0.416. The molecule has 5 nitrogen and oxygen atoms in total. The largest absolute Gasteiger partial charge is 0.486 e. The molecule has 0 N–H and O–H groups in total. The summed E-state index contributed by atoms with van der Waals surface area (Å²) < 4.78 is 25.9. The quantitative estimate of drug-likeness (QED) is 0.741. The third-order valence-electron chi connectivity index (χ3n) is 4.00. The zero-order chi connectivity index (χ0) is 16.5. The molecule has 1 aliphatic heterocycles. The van der Waals surface area contributed by atoms with Gasteiger partial charge >= 0.3 is 0 Å². The Hall–Kier alpha value is -2.89. The number of nitrogens with zero attached hydrogens (tertiary/aromatic N) is 3. The van der Waals surface area contributed by atoms with Crippen molar-refractivity contribution in [2.24, 2.45) is 0 Å². The smallest absolute Gasteiger partial charge is 0.161 e. The van der Waals surface area contributed by atoms with Crippen LogP contribution < -0.4 is 14.4 Å².